The van der Waals surface area contributed by atoms with Crippen LogP contribution in [0.5, 0.6) is 0 Å². The molecular weight excluding hydrogens is 346 g/mol. The third-order valence-corrected chi connectivity index (χ3v) is 5.07. The second-order valence-electron chi connectivity index (χ2n) is 6.92. The molecule has 0 saturated heterocycles. The topological polar surface area (TPSA) is 48.5 Å². The van der Waals surface area contributed by atoms with E-state index in [-0.39, 0.29) is 0 Å². The Bertz CT molecular complexity index is 1260. The third-order valence-electron chi connectivity index (χ3n) is 5.07. The number of benzene rings is 3. The van der Waals surface area contributed by atoms with Crippen LogP contribution in [0, 0.1) is 13.8 Å². The van der Waals surface area contributed by atoms with Crippen molar-refractivity contribution in [1.82, 2.24) is 24.3 Å². The summed E-state index contributed by atoms with van der Waals surface area (Å²) in [5.74, 6) is 0.820. The van der Waals surface area contributed by atoms with E-state index < -0.39 is 0 Å². The van der Waals surface area contributed by atoms with Gasteiger partial charge >= 0.3 is 0 Å². The largest absolute Gasteiger partial charge is 0.299 e. The van der Waals surface area contributed by atoms with Gasteiger partial charge in [0.1, 0.15) is 12.7 Å². The molecule has 0 amide bonds. The lowest BCUT2D eigenvalue weighted by Gasteiger charge is -2.13. The minimum absolute atomic E-state index is 0.820. The van der Waals surface area contributed by atoms with Gasteiger partial charge in [-0.3, -0.25) is 9.13 Å². The molecule has 5 heteroatoms. The highest BCUT2D eigenvalue weighted by Crippen LogP contribution is 2.28. The maximum atomic E-state index is 4.55. The molecule has 0 aliphatic carbocycles. The predicted octanol–water partition coefficient (Wildman–Crippen LogP) is 4.89. The van der Waals surface area contributed by atoms with Crippen molar-refractivity contribution in [3.63, 3.8) is 0 Å². The predicted molar refractivity (Wildman–Crippen MR) is 111 cm³/mol. The summed E-state index contributed by atoms with van der Waals surface area (Å²) in [6.45, 7) is 4.22. The van der Waals surface area contributed by atoms with Gasteiger partial charge in [-0.15, -0.1) is 10.2 Å². The monoisotopic (exact) mass is 365 g/mol. The van der Waals surface area contributed by atoms with Crippen molar-refractivity contribution >= 4 is 11.0 Å². The lowest BCUT2D eigenvalue weighted by molar-refractivity contribution is 1.03. The van der Waals surface area contributed by atoms with Crippen LogP contribution in [-0.2, 0) is 0 Å². The van der Waals surface area contributed by atoms with Gasteiger partial charge in [-0.25, -0.2) is 4.98 Å². The van der Waals surface area contributed by atoms with Crippen LogP contribution in [0.1, 0.15) is 11.1 Å². The Balaban J connectivity index is 1.69. The van der Waals surface area contributed by atoms with Crippen molar-refractivity contribution in [3.8, 4) is 22.8 Å². The molecule has 2 heterocycles. The first-order valence-corrected chi connectivity index (χ1v) is 9.22. The Morgan fingerprint density at radius 1 is 0.750 bits per heavy atom. The molecule has 5 rings (SSSR count). The van der Waals surface area contributed by atoms with E-state index in [1.807, 2.05) is 30.6 Å². The highest BCUT2D eigenvalue weighted by atomic mass is 15.3. The highest BCUT2D eigenvalue weighted by Gasteiger charge is 2.14. The van der Waals surface area contributed by atoms with E-state index in [4.69, 9.17) is 0 Å². The van der Waals surface area contributed by atoms with Crippen LogP contribution < -0.4 is 0 Å². The first-order valence-electron chi connectivity index (χ1n) is 9.22. The summed E-state index contributed by atoms with van der Waals surface area (Å²) in [6.07, 6.45) is 3.64. The molecule has 0 spiro atoms. The molecule has 5 nitrogen and oxygen atoms in total. The van der Waals surface area contributed by atoms with Crippen molar-refractivity contribution < 1.29 is 0 Å². The minimum Gasteiger partial charge on any atom is -0.299 e. The maximum absolute atomic E-state index is 4.55. The molecule has 0 radical (unpaired) electrons. The van der Waals surface area contributed by atoms with Crippen LogP contribution in [-0.4, -0.2) is 24.3 Å². The van der Waals surface area contributed by atoms with Crippen LogP contribution in [0.25, 0.3) is 33.8 Å². The Morgan fingerprint density at radius 3 is 2.32 bits per heavy atom. The third kappa shape index (κ3) is 2.60. The number of rotatable bonds is 3. The average molecular weight is 365 g/mol. The lowest BCUT2D eigenvalue weighted by Crippen LogP contribution is -2.01. The van der Waals surface area contributed by atoms with Gasteiger partial charge < -0.3 is 0 Å². The molecule has 5 aromatic rings. The van der Waals surface area contributed by atoms with Crippen LogP contribution in [0.4, 0.5) is 0 Å². The highest BCUT2D eigenvalue weighted by molar-refractivity contribution is 5.82. The molecule has 0 N–H and O–H groups in total. The number of hydrogen-bond donors (Lipinski definition) is 0. The number of fused-ring (bicyclic) bond motifs is 1. The first-order chi connectivity index (χ1) is 13.7. The fourth-order valence-corrected chi connectivity index (χ4v) is 3.72. The van der Waals surface area contributed by atoms with Gasteiger partial charge in [0, 0.05) is 11.3 Å². The maximum Gasteiger partial charge on any atom is 0.168 e. The number of aromatic nitrogens is 5. The smallest absolute Gasteiger partial charge is 0.168 e. The van der Waals surface area contributed by atoms with Gasteiger partial charge in [-0.2, -0.15) is 0 Å². The Morgan fingerprint density at radius 2 is 1.54 bits per heavy atom. The van der Waals surface area contributed by atoms with E-state index in [2.05, 4.69) is 80.6 Å². The van der Waals surface area contributed by atoms with E-state index in [0.717, 1.165) is 33.8 Å². The van der Waals surface area contributed by atoms with Crippen LogP contribution in [0.15, 0.2) is 79.4 Å². The Kier molecular flexibility index (Phi) is 3.79. The minimum atomic E-state index is 0.820. The molecule has 0 aliphatic heterocycles. The van der Waals surface area contributed by atoms with E-state index in [0.29, 0.717) is 0 Å². The summed E-state index contributed by atoms with van der Waals surface area (Å²) in [7, 11) is 0. The van der Waals surface area contributed by atoms with Crippen molar-refractivity contribution in [3.05, 3.63) is 90.5 Å². The molecule has 0 aliphatic rings. The van der Waals surface area contributed by atoms with Crippen molar-refractivity contribution in [2.45, 2.75) is 13.8 Å². The molecule has 0 bridgehead atoms. The summed E-state index contributed by atoms with van der Waals surface area (Å²) < 4.78 is 4.16. The molecular formula is C23H19N5. The Hall–Kier alpha value is -3.73. The molecule has 3 aromatic carbocycles. The summed E-state index contributed by atoms with van der Waals surface area (Å²) in [5, 5.41) is 8.62. The zero-order chi connectivity index (χ0) is 19.1. The lowest BCUT2D eigenvalue weighted by atomic mass is 10.1. The summed E-state index contributed by atoms with van der Waals surface area (Å²) in [6, 6.07) is 22.7. The Labute approximate surface area is 162 Å². The zero-order valence-corrected chi connectivity index (χ0v) is 15.7. The molecule has 0 fully saturated rings. The van der Waals surface area contributed by atoms with Gasteiger partial charge in [0.05, 0.1) is 16.7 Å². The van der Waals surface area contributed by atoms with E-state index >= 15 is 0 Å². The molecule has 0 atom stereocenters. The summed E-state index contributed by atoms with van der Waals surface area (Å²) >= 11 is 0. The fourth-order valence-electron chi connectivity index (χ4n) is 3.72. The molecule has 0 unspecified atom stereocenters. The quantitative estimate of drug-likeness (QED) is 0.457. The summed E-state index contributed by atoms with van der Waals surface area (Å²) in [4.78, 5) is 4.55. The van der Waals surface area contributed by atoms with E-state index in [1.165, 1.54) is 11.1 Å². The van der Waals surface area contributed by atoms with Gasteiger partial charge in [-0.1, -0.05) is 36.4 Å². The van der Waals surface area contributed by atoms with Crippen LogP contribution in [0.3, 0.4) is 0 Å². The molecule has 28 heavy (non-hydrogen) atoms. The zero-order valence-electron chi connectivity index (χ0n) is 15.7. The number of nitrogens with zero attached hydrogens (tertiary/aromatic N) is 5. The van der Waals surface area contributed by atoms with Gasteiger partial charge in [-0.05, 0) is 55.3 Å². The van der Waals surface area contributed by atoms with Gasteiger partial charge in [0.15, 0.2) is 5.82 Å². The second-order valence-corrected chi connectivity index (χ2v) is 6.92. The molecule has 0 saturated carbocycles. The molecule has 2 aromatic heterocycles. The SMILES string of the molecule is Cc1cccc(C)c1-n1cnnc1-c1ccc2ncn(-c3ccccc3)c2c1. The van der Waals surface area contributed by atoms with Gasteiger partial charge in [0.2, 0.25) is 0 Å². The molecule has 136 valence electrons. The van der Waals surface area contributed by atoms with E-state index in [9.17, 15) is 0 Å². The van der Waals surface area contributed by atoms with Crippen molar-refractivity contribution in [1.29, 1.82) is 0 Å². The number of para-hydroxylation sites is 2. The van der Waals surface area contributed by atoms with Crippen LogP contribution in [0.2, 0.25) is 0 Å². The average Bonchev–Trinajstić information content (AvgIpc) is 3.35. The normalized spacial score (nSPS) is 11.2. The van der Waals surface area contributed by atoms with Crippen molar-refractivity contribution in [2.75, 3.05) is 0 Å². The second kappa shape index (κ2) is 6.46. The number of aryl methyl sites for hydroxylation is 2. The van der Waals surface area contributed by atoms with Crippen molar-refractivity contribution in [2.24, 2.45) is 0 Å². The number of imidazole rings is 1. The van der Waals surface area contributed by atoms with Crippen LogP contribution >= 0.6 is 0 Å². The fraction of sp³-hybridized carbons (Fsp3) is 0.0870. The van der Waals surface area contributed by atoms with E-state index in [1.54, 1.807) is 6.33 Å². The van der Waals surface area contributed by atoms with Gasteiger partial charge in [0.25, 0.3) is 0 Å². The number of hydrogen-bond acceptors (Lipinski definition) is 3. The summed E-state index contributed by atoms with van der Waals surface area (Å²) in [5.41, 5.74) is 7.58. The standard InChI is InChI=1S/C23H19N5/c1-16-7-6-8-17(2)22(16)28-15-25-26-23(28)18-11-12-20-21(13-18)27(14-24-20)19-9-4-3-5-10-19/h3-15H,1-2H3. The first kappa shape index (κ1) is 16.4.